The van der Waals surface area contributed by atoms with Gasteiger partial charge in [0, 0.05) is 17.1 Å². The molecule has 170 valence electrons. The van der Waals surface area contributed by atoms with Crippen molar-refractivity contribution in [2.45, 2.75) is 37.5 Å². The van der Waals surface area contributed by atoms with Crippen molar-refractivity contribution in [2.24, 2.45) is 0 Å². The molecule has 0 amide bonds. The van der Waals surface area contributed by atoms with Crippen LogP contribution in [0.3, 0.4) is 0 Å². The molecule has 4 aromatic heterocycles. The van der Waals surface area contributed by atoms with Gasteiger partial charge in [0.25, 0.3) is 5.89 Å². The van der Waals surface area contributed by atoms with Crippen LogP contribution in [0.2, 0.25) is 0 Å². The fraction of sp³-hybridized carbons (Fsp3) is 0.333. The van der Waals surface area contributed by atoms with Crippen molar-refractivity contribution in [3.05, 3.63) is 42.0 Å². The monoisotopic (exact) mass is 465 g/mol. The zero-order chi connectivity index (χ0) is 23.7. The molecule has 32 heavy (non-hydrogen) atoms. The second-order valence-electron chi connectivity index (χ2n) is 7.34. The summed E-state index contributed by atoms with van der Waals surface area (Å²) < 4.78 is 116. The minimum absolute atomic E-state index is 0.0314. The van der Waals surface area contributed by atoms with Crippen LogP contribution in [0.25, 0.3) is 28.3 Å². The average Bonchev–Trinajstić information content (AvgIpc) is 3.34. The molecule has 0 saturated heterocycles. The van der Waals surface area contributed by atoms with Crippen LogP contribution in [-0.2, 0) is 11.6 Å². The van der Waals surface area contributed by atoms with Gasteiger partial charge in [-0.05, 0) is 32.0 Å². The molecular weight excluding hydrogens is 454 g/mol. The lowest BCUT2D eigenvalue weighted by molar-refractivity contribution is -0.359. The second-order valence-corrected chi connectivity index (χ2v) is 7.34. The largest absolute Gasteiger partial charge is 0.460 e. The molecule has 0 N–H and O–H groups in total. The number of rotatable bonds is 4. The molecule has 0 radical (unpaired) electrons. The van der Waals surface area contributed by atoms with Crippen LogP contribution in [0.5, 0.6) is 0 Å². The van der Waals surface area contributed by atoms with Crippen molar-refractivity contribution >= 4 is 16.7 Å². The highest BCUT2D eigenvalue weighted by molar-refractivity contribution is 5.84. The topological polar surface area (TPSA) is 69.1 Å². The van der Waals surface area contributed by atoms with Crippen molar-refractivity contribution in [2.75, 3.05) is 0 Å². The molecular formula is C18H11F8N5O. The van der Waals surface area contributed by atoms with E-state index in [2.05, 4.69) is 20.2 Å². The summed E-state index contributed by atoms with van der Waals surface area (Å²) >= 11 is 0. The molecule has 0 unspecified atom stereocenters. The van der Waals surface area contributed by atoms with Gasteiger partial charge in [0.2, 0.25) is 6.39 Å². The third-order valence-corrected chi connectivity index (χ3v) is 4.68. The Morgan fingerprint density at radius 2 is 1.62 bits per heavy atom. The number of nitrogens with zero attached hydrogens (tertiary/aromatic N) is 5. The fourth-order valence-corrected chi connectivity index (χ4v) is 3.03. The van der Waals surface area contributed by atoms with Crippen LogP contribution in [0.4, 0.5) is 35.1 Å². The molecule has 0 aliphatic carbocycles. The molecule has 0 aliphatic rings. The lowest BCUT2D eigenvalue weighted by Crippen LogP contribution is -2.50. The van der Waals surface area contributed by atoms with Gasteiger partial charge >= 0.3 is 18.0 Å². The highest BCUT2D eigenvalue weighted by Crippen LogP contribution is 2.53. The molecule has 14 heteroatoms. The number of halogens is 8. The first-order chi connectivity index (χ1) is 14.6. The minimum atomic E-state index is -6.57. The van der Waals surface area contributed by atoms with E-state index in [1.807, 2.05) is 0 Å². The van der Waals surface area contributed by atoms with Gasteiger partial charge in [-0.1, -0.05) is 0 Å². The van der Waals surface area contributed by atoms with Gasteiger partial charge in [-0.2, -0.15) is 30.7 Å². The number of aromatic nitrogens is 5. The molecule has 0 saturated carbocycles. The van der Waals surface area contributed by atoms with E-state index in [0.717, 1.165) is 43.0 Å². The zero-order valence-corrected chi connectivity index (χ0v) is 16.1. The Bertz CT molecular complexity index is 1310. The molecule has 4 heterocycles. The van der Waals surface area contributed by atoms with Gasteiger partial charge in [-0.25, -0.2) is 14.4 Å². The van der Waals surface area contributed by atoms with Crippen LogP contribution < -0.4 is 0 Å². The van der Waals surface area contributed by atoms with Crippen molar-refractivity contribution in [3.63, 3.8) is 0 Å². The number of imidazole rings is 1. The van der Waals surface area contributed by atoms with Gasteiger partial charge < -0.3 is 4.42 Å². The lowest BCUT2D eigenvalue weighted by Gasteiger charge is -2.30. The quantitative estimate of drug-likeness (QED) is 0.376. The van der Waals surface area contributed by atoms with Crippen molar-refractivity contribution in [3.8, 4) is 11.6 Å². The Morgan fingerprint density at radius 1 is 0.938 bits per heavy atom. The van der Waals surface area contributed by atoms with Crippen molar-refractivity contribution in [1.82, 2.24) is 24.6 Å². The molecule has 0 spiro atoms. The van der Waals surface area contributed by atoms with E-state index in [1.165, 1.54) is 0 Å². The highest BCUT2D eigenvalue weighted by atomic mass is 19.4. The molecule has 4 rings (SSSR count). The summed E-state index contributed by atoms with van der Waals surface area (Å²) in [6, 6.07) is 2.16. The van der Waals surface area contributed by atoms with Gasteiger partial charge in [0.1, 0.15) is 22.7 Å². The first-order valence-corrected chi connectivity index (χ1v) is 8.76. The van der Waals surface area contributed by atoms with E-state index in [9.17, 15) is 35.1 Å². The average molecular weight is 465 g/mol. The molecule has 0 atom stereocenters. The van der Waals surface area contributed by atoms with E-state index in [0.29, 0.717) is 0 Å². The maximum Gasteiger partial charge on any atom is 0.460 e. The van der Waals surface area contributed by atoms with E-state index >= 15 is 0 Å². The first kappa shape index (κ1) is 21.9. The Labute approximate surface area is 172 Å². The number of alkyl halides is 8. The van der Waals surface area contributed by atoms with Crippen LogP contribution in [0.1, 0.15) is 25.1 Å². The molecule has 6 nitrogen and oxygen atoms in total. The molecule has 4 aromatic rings. The third-order valence-electron chi connectivity index (χ3n) is 4.68. The highest BCUT2D eigenvalue weighted by Gasteiger charge is 2.74. The SMILES string of the molecule is CC(C)(F)c1cc(C(F)(F)C(F)(F)C(F)(F)F)c2ccc3nc(-c4nnco4)cn3c2n1. The smallest absolute Gasteiger partial charge is 0.422 e. The zero-order valence-electron chi connectivity index (χ0n) is 16.1. The summed E-state index contributed by atoms with van der Waals surface area (Å²) in [5, 5.41) is 6.32. The van der Waals surface area contributed by atoms with Crippen LogP contribution in [0, 0.1) is 0 Å². The van der Waals surface area contributed by atoms with E-state index in [4.69, 9.17) is 4.42 Å². The summed E-state index contributed by atoms with van der Waals surface area (Å²) in [4.78, 5) is 8.00. The van der Waals surface area contributed by atoms with Gasteiger partial charge in [-0.15, -0.1) is 10.2 Å². The summed E-state index contributed by atoms with van der Waals surface area (Å²) in [6.07, 6.45) is -4.42. The van der Waals surface area contributed by atoms with E-state index < -0.39 is 46.0 Å². The van der Waals surface area contributed by atoms with Gasteiger partial charge in [0.05, 0.1) is 5.69 Å². The van der Waals surface area contributed by atoms with Crippen LogP contribution >= 0.6 is 0 Å². The number of hydrogen-bond acceptors (Lipinski definition) is 5. The minimum Gasteiger partial charge on any atom is -0.422 e. The van der Waals surface area contributed by atoms with Gasteiger partial charge in [0.15, 0.2) is 0 Å². The molecule has 0 aromatic carbocycles. The summed E-state index contributed by atoms with van der Waals surface area (Å²) in [7, 11) is 0. The number of hydrogen-bond donors (Lipinski definition) is 0. The molecule has 0 fully saturated rings. The summed E-state index contributed by atoms with van der Waals surface area (Å²) in [5.74, 6) is -12.3. The maximum atomic E-state index is 14.7. The van der Waals surface area contributed by atoms with Crippen LogP contribution in [-0.4, -0.2) is 36.7 Å². The molecule has 0 aliphatic heterocycles. The fourth-order valence-electron chi connectivity index (χ4n) is 3.03. The maximum absolute atomic E-state index is 14.7. The first-order valence-electron chi connectivity index (χ1n) is 8.76. The Balaban J connectivity index is 2.08. The Hall–Kier alpha value is -3.32. The van der Waals surface area contributed by atoms with E-state index in [-0.39, 0.29) is 23.3 Å². The third kappa shape index (κ3) is 3.15. The second kappa shape index (κ2) is 6.59. The van der Waals surface area contributed by atoms with Gasteiger partial charge in [-0.3, -0.25) is 4.40 Å². The predicted molar refractivity (Wildman–Crippen MR) is 92.8 cm³/mol. The summed E-state index contributed by atoms with van der Waals surface area (Å²) in [5.41, 5.74) is -5.42. The summed E-state index contributed by atoms with van der Waals surface area (Å²) in [6.45, 7) is 1.78. The van der Waals surface area contributed by atoms with Crippen molar-refractivity contribution in [1.29, 1.82) is 0 Å². The number of fused-ring (bicyclic) bond motifs is 3. The normalized spacial score (nSPS) is 13.9. The Kier molecular flexibility index (Phi) is 4.51. The number of pyridine rings is 2. The standard InChI is InChI=1S/C18H11F8N5O/c1-15(2,19)11-5-9(16(20,21)17(22,23)18(24,25)26)8-3-4-12-28-10(14-30-27-7-32-14)6-31(12)13(8)29-11/h3-7H,1-2H3. The van der Waals surface area contributed by atoms with E-state index in [1.54, 1.807) is 0 Å². The van der Waals surface area contributed by atoms with Crippen LogP contribution in [0.15, 0.2) is 35.2 Å². The predicted octanol–water partition coefficient (Wildman–Crippen LogP) is 5.43. The lowest BCUT2D eigenvalue weighted by atomic mass is 9.95. The Morgan fingerprint density at radius 3 is 2.19 bits per heavy atom. The molecule has 0 bridgehead atoms. The van der Waals surface area contributed by atoms with Crippen molar-refractivity contribution < 1.29 is 39.5 Å².